The van der Waals surface area contributed by atoms with Crippen LogP contribution in [0.1, 0.15) is 11.1 Å². The predicted molar refractivity (Wildman–Crippen MR) is 128 cm³/mol. The van der Waals surface area contributed by atoms with E-state index >= 15 is 0 Å². The highest BCUT2D eigenvalue weighted by Gasteiger charge is 2.45. The van der Waals surface area contributed by atoms with Gasteiger partial charge in [0.25, 0.3) is 0 Å². The molecule has 0 aliphatic carbocycles. The summed E-state index contributed by atoms with van der Waals surface area (Å²) < 4.78 is 0. The van der Waals surface area contributed by atoms with Crippen molar-refractivity contribution in [3.05, 3.63) is 126 Å². The summed E-state index contributed by atoms with van der Waals surface area (Å²) in [7, 11) is -1.81. The topological polar surface area (TPSA) is 0 Å². The third kappa shape index (κ3) is 4.72. The van der Waals surface area contributed by atoms with Crippen molar-refractivity contribution < 1.29 is 17.0 Å². The average Bonchev–Trinajstić information content (AvgIpc) is 2.80. The molecule has 0 N–H and O–H groups in total. The van der Waals surface area contributed by atoms with Gasteiger partial charge < -0.3 is 17.0 Å². The predicted octanol–water partition coefficient (Wildman–Crippen LogP) is 3.08. The van der Waals surface area contributed by atoms with Crippen LogP contribution < -0.4 is 32.9 Å². The van der Waals surface area contributed by atoms with E-state index in [1.54, 1.807) is 0 Å². The summed E-state index contributed by atoms with van der Waals surface area (Å²) in [6, 6.07) is 42.2. The molecule has 29 heavy (non-hydrogen) atoms. The Bertz CT molecular complexity index is 904. The van der Waals surface area contributed by atoms with Gasteiger partial charge in [0.2, 0.25) is 0 Å². The zero-order chi connectivity index (χ0) is 19.2. The van der Waals surface area contributed by atoms with E-state index < -0.39 is 7.26 Å². The highest BCUT2D eigenvalue weighted by Crippen LogP contribution is 2.58. The third-order valence-electron chi connectivity index (χ3n) is 5.19. The van der Waals surface area contributed by atoms with Crippen molar-refractivity contribution in [2.45, 2.75) is 11.5 Å². The number of benzene rings is 4. The molecule has 0 radical (unpaired) electrons. The van der Waals surface area contributed by atoms with E-state index in [-0.39, 0.29) is 17.0 Å². The van der Waals surface area contributed by atoms with Crippen LogP contribution in [0.5, 0.6) is 0 Å². The summed E-state index contributed by atoms with van der Waals surface area (Å²) >= 11 is 3.56. The molecular formula is C26H23Br2P. The molecular weight excluding hydrogens is 503 g/mol. The van der Waals surface area contributed by atoms with Gasteiger partial charge in [-0.1, -0.05) is 94.8 Å². The first kappa shape index (κ1) is 22.0. The van der Waals surface area contributed by atoms with Crippen LogP contribution in [-0.4, -0.2) is 0 Å². The molecule has 0 heterocycles. The second-order valence-electron chi connectivity index (χ2n) is 6.92. The lowest BCUT2D eigenvalue weighted by Crippen LogP contribution is -3.00. The Labute approximate surface area is 193 Å². The van der Waals surface area contributed by atoms with E-state index in [4.69, 9.17) is 0 Å². The Morgan fingerprint density at radius 3 is 1.17 bits per heavy atom. The fourth-order valence-corrected chi connectivity index (χ4v) is 8.39. The zero-order valence-corrected chi connectivity index (χ0v) is 20.2. The van der Waals surface area contributed by atoms with Gasteiger partial charge in [0.05, 0.1) is 6.16 Å². The van der Waals surface area contributed by atoms with Gasteiger partial charge in [0.1, 0.15) is 23.2 Å². The minimum atomic E-state index is -1.81. The lowest BCUT2D eigenvalue weighted by atomic mass is 10.2. The Kier molecular flexibility index (Phi) is 7.84. The quantitative estimate of drug-likeness (QED) is 0.268. The fraction of sp³-hybridized carbons (Fsp3) is 0.0769. The minimum Gasteiger partial charge on any atom is -1.00 e. The molecule has 0 nitrogen and oxygen atoms in total. The van der Waals surface area contributed by atoms with Crippen molar-refractivity contribution in [2.24, 2.45) is 0 Å². The van der Waals surface area contributed by atoms with Crippen LogP contribution in [0, 0.1) is 0 Å². The lowest BCUT2D eigenvalue weighted by Gasteiger charge is -2.28. The molecule has 4 aromatic carbocycles. The second kappa shape index (κ2) is 10.3. The standard InChI is InChI=1S/C26H23BrP.BrH/c27-20-22-16-18-23(19-17-22)21-28(24-10-4-1-5-11-24,25-12-6-2-7-13-25)26-14-8-3-9-15-26;/h1-19H,20-21H2;1H/q+1;/p-1. The number of hydrogen-bond acceptors (Lipinski definition) is 0. The molecule has 146 valence electrons. The van der Waals surface area contributed by atoms with Gasteiger partial charge in [-0.2, -0.15) is 0 Å². The normalized spacial score (nSPS) is 10.9. The van der Waals surface area contributed by atoms with E-state index in [9.17, 15) is 0 Å². The van der Waals surface area contributed by atoms with Crippen molar-refractivity contribution in [2.75, 3.05) is 0 Å². The first-order chi connectivity index (χ1) is 13.8. The largest absolute Gasteiger partial charge is 1.00 e. The number of alkyl halides is 1. The van der Waals surface area contributed by atoms with Crippen molar-refractivity contribution in [3.8, 4) is 0 Å². The third-order valence-corrected chi connectivity index (χ3v) is 10.2. The molecule has 0 unspecified atom stereocenters. The summed E-state index contributed by atoms with van der Waals surface area (Å²) in [6.45, 7) is 0. The molecule has 0 saturated heterocycles. The molecule has 0 saturated carbocycles. The Morgan fingerprint density at radius 1 is 0.483 bits per heavy atom. The molecule has 0 amide bonds. The first-order valence-electron chi connectivity index (χ1n) is 9.51. The minimum absolute atomic E-state index is 0. The first-order valence-corrected chi connectivity index (χ1v) is 12.6. The Morgan fingerprint density at radius 2 is 0.828 bits per heavy atom. The van der Waals surface area contributed by atoms with Crippen LogP contribution >= 0.6 is 23.2 Å². The van der Waals surface area contributed by atoms with Gasteiger partial charge in [-0.05, 0) is 47.5 Å². The summed E-state index contributed by atoms with van der Waals surface area (Å²) in [4.78, 5) is 0. The van der Waals surface area contributed by atoms with Gasteiger partial charge in [0, 0.05) is 5.33 Å². The van der Waals surface area contributed by atoms with Gasteiger partial charge in [-0.15, -0.1) is 0 Å². The Balaban J connectivity index is 0.00000240. The monoisotopic (exact) mass is 524 g/mol. The van der Waals surface area contributed by atoms with Crippen molar-refractivity contribution in [1.29, 1.82) is 0 Å². The molecule has 0 aliphatic heterocycles. The van der Waals surface area contributed by atoms with Gasteiger partial charge in [-0.25, -0.2) is 0 Å². The maximum Gasteiger partial charge on any atom is 0.116 e. The molecule has 0 fully saturated rings. The van der Waals surface area contributed by atoms with Crippen LogP contribution in [-0.2, 0) is 11.5 Å². The SMILES string of the molecule is BrCc1ccc(C[P+](c2ccccc2)(c2ccccc2)c2ccccc2)cc1.[Br-]. The van der Waals surface area contributed by atoms with Gasteiger partial charge in [-0.3, -0.25) is 0 Å². The Hall–Kier alpha value is -1.73. The van der Waals surface area contributed by atoms with E-state index in [0.29, 0.717) is 0 Å². The molecule has 0 aromatic heterocycles. The fourth-order valence-electron chi connectivity index (χ4n) is 3.78. The molecule has 4 rings (SSSR count). The van der Waals surface area contributed by atoms with Gasteiger partial charge in [0.15, 0.2) is 0 Å². The van der Waals surface area contributed by atoms with Crippen LogP contribution in [0.4, 0.5) is 0 Å². The second-order valence-corrected chi connectivity index (χ2v) is 11.0. The molecule has 0 atom stereocenters. The van der Waals surface area contributed by atoms with Crippen LogP contribution in [0.2, 0.25) is 0 Å². The van der Waals surface area contributed by atoms with Crippen LogP contribution in [0.15, 0.2) is 115 Å². The van der Waals surface area contributed by atoms with Crippen LogP contribution in [0.3, 0.4) is 0 Å². The highest BCUT2D eigenvalue weighted by atomic mass is 79.9. The maximum absolute atomic E-state index is 3.56. The van der Waals surface area contributed by atoms with E-state index in [1.165, 1.54) is 27.0 Å². The number of hydrogen-bond donors (Lipinski definition) is 0. The highest BCUT2D eigenvalue weighted by molar-refractivity contribution is 9.08. The maximum atomic E-state index is 3.56. The summed E-state index contributed by atoms with van der Waals surface area (Å²) in [5.74, 6) is 0. The molecule has 0 aliphatic rings. The summed E-state index contributed by atoms with van der Waals surface area (Å²) in [5.41, 5.74) is 2.70. The van der Waals surface area contributed by atoms with E-state index in [0.717, 1.165) is 11.5 Å². The molecule has 0 spiro atoms. The van der Waals surface area contributed by atoms with E-state index in [2.05, 4.69) is 131 Å². The smallest absolute Gasteiger partial charge is 0.116 e. The summed E-state index contributed by atoms with van der Waals surface area (Å²) in [6.07, 6.45) is 1.02. The number of rotatable bonds is 6. The summed E-state index contributed by atoms with van der Waals surface area (Å²) in [5, 5.41) is 5.18. The molecule has 3 heteroatoms. The zero-order valence-electron chi connectivity index (χ0n) is 16.1. The average molecular weight is 526 g/mol. The lowest BCUT2D eigenvalue weighted by molar-refractivity contribution is -0.00000536. The van der Waals surface area contributed by atoms with Gasteiger partial charge >= 0.3 is 0 Å². The van der Waals surface area contributed by atoms with Crippen LogP contribution in [0.25, 0.3) is 0 Å². The van der Waals surface area contributed by atoms with Crippen molar-refractivity contribution >= 4 is 39.1 Å². The molecule has 4 aromatic rings. The van der Waals surface area contributed by atoms with E-state index in [1.807, 2.05) is 0 Å². The number of halogens is 2. The molecule has 0 bridgehead atoms. The van der Waals surface area contributed by atoms with Crippen molar-refractivity contribution in [1.82, 2.24) is 0 Å². The van der Waals surface area contributed by atoms with Crippen molar-refractivity contribution in [3.63, 3.8) is 0 Å².